The number of likely N-dealkylation sites (N-methyl/N-ethyl adjacent to an activating group) is 1. The maximum atomic E-state index is 10.3. The average Bonchev–Trinajstić information content (AvgIpc) is 2.68. The number of hydrogen-bond acceptors (Lipinski definition) is 3. The molecule has 0 bridgehead atoms. The van der Waals surface area contributed by atoms with Gasteiger partial charge in [-0.3, -0.25) is 4.68 Å². The van der Waals surface area contributed by atoms with Crippen molar-refractivity contribution >= 4 is 0 Å². The SMILES string of the molecule is CCNCC(C)(O)Cc1cc(CC)nn1CC. The van der Waals surface area contributed by atoms with E-state index in [1.165, 1.54) is 0 Å². The molecule has 0 saturated carbocycles. The van der Waals surface area contributed by atoms with Gasteiger partial charge in [0.1, 0.15) is 0 Å². The normalized spacial score (nSPS) is 14.9. The van der Waals surface area contributed by atoms with Gasteiger partial charge in [0.2, 0.25) is 0 Å². The van der Waals surface area contributed by atoms with E-state index < -0.39 is 5.60 Å². The molecule has 0 fully saturated rings. The third-order valence-corrected chi connectivity index (χ3v) is 2.89. The molecule has 4 heteroatoms. The van der Waals surface area contributed by atoms with Gasteiger partial charge in [0, 0.05) is 25.2 Å². The Morgan fingerprint density at radius 3 is 2.65 bits per heavy atom. The molecule has 1 unspecified atom stereocenters. The minimum atomic E-state index is -0.714. The number of aromatic nitrogens is 2. The quantitative estimate of drug-likeness (QED) is 0.755. The monoisotopic (exact) mass is 239 g/mol. The number of rotatable bonds is 7. The summed E-state index contributed by atoms with van der Waals surface area (Å²) in [6.45, 7) is 10.4. The maximum absolute atomic E-state index is 10.3. The number of hydrogen-bond donors (Lipinski definition) is 2. The summed E-state index contributed by atoms with van der Waals surface area (Å²) in [5, 5.41) is 18.0. The van der Waals surface area contributed by atoms with E-state index in [9.17, 15) is 5.11 Å². The Labute approximate surface area is 104 Å². The second-order valence-corrected chi connectivity index (χ2v) is 4.75. The molecule has 4 nitrogen and oxygen atoms in total. The summed E-state index contributed by atoms with van der Waals surface area (Å²) in [5.41, 5.74) is 1.50. The van der Waals surface area contributed by atoms with E-state index in [4.69, 9.17) is 0 Å². The molecular formula is C13H25N3O. The zero-order chi connectivity index (χ0) is 12.9. The van der Waals surface area contributed by atoms with Crippen LogP contribution >= 0.6 is 0 Å². The first-order valence-electron chi connectivity index (χ1n) is 6.51. The van der Waals surface area contributed by atoms with Crippen molar-refractivity contribution in [2.75, 3.05) is 13.1 Å². The molecule has 0 aliphatic carbocycles. The van der Waals surface area contributed by atoms with Crippen molar-refractivity contribution in [1.82, 2.24) is 15.1 Å². The first kappa shape index (κ1) is 14.2. The van der Waals surface area contributed by atoms with Crippen molar-refractivity contribution < 1.29 is 5.11 Å². The summed E-state index contributed by atoms with van der Waals surface area (Å²) >= 11 is 0. The largest absolute Gasteiger partial charge is 0.388 e. The molecule has 1 heterocycles. The molecular weight excluding hydrogens is 214 g/mol. The number of nitrogens with one attached hydrogen (secondary N) is 1. The summed E-state index contributed by atoms with van der Waals surface area (Å²) in [5.74, 6) is 0. The fourth-order valence-corrected chi connectivity index (χ4v) is 1.95. The van der Waals surface area contributed by atoms with Crippen LogP contribution in [0, 0.1) is 0 Å². The number of nitrogens with zero attached hydrogens (tertiary/aromatic N) is 2. The third kappa shape index (κ3) is 4.13. The molecule has 0 saturated heterocycles. The van der Waals surface area contributed by atoms with Gasteiger partial charge in [-0.2, -0.15) is 5.10 Å². The molecule has 0 aromatic carbocycles. The van der Waals surface area contributed by atoms with E-state index in [0.717, 1.165) is 30.9 Å². The lowest BCUT2D eigenvalue weighted by molar-refractivity contribution is 0.0586. The summed E-state index contributed by atoms with van der Waals surface area (Å²) in [6, 6.07) is 2.10. The van der Waals surface area contributed by atoms with E-state index in [1.54, 1.807) is 0 Å². The molecule has 0 aliphatic heterocycles. The van der Waals surface area contributed by atoms with Crippen LogP contribution in [-0.2, 0) is 19.4 Å². The fourth-order valence-electron chi connectivity index (χ4n) is 1.95. The van der Waals surface area contributed by atoms with Gasteiger partial charge in [-0.25, -0.2) is 0 Å². The van der Waals surface area contributed by atoms with Gasteiger partial charge in [0.25, 0.3) is 0 Å². The lowest BCUT2D eigenvalue weighted by Crippen LogP contribution is -2.40. The highest BCUT2D eigenvalue weighted by Crippen LogP contribution is 2.14. The fraction of sp³-hybridized carbons (Fsp3) is 0.769. The Hall–Kier alpha value is -0.870. The lowest BCUT2D eigenvalue weighted by Gasteiger charge is -2.23. The Kier molecular flexibility index (Phi) is 5.15. The molecule has 1 atom stereocenters. The summed E-state index contributed by atoms with van der Waals surface area (Å²) in [6.07, 6.45) is 1.58. The van der Waals surface area contributed by atoms with Gasteiger partial charge in [-0.15, -0.1) is 0 Å². The molecule has 1 aromatic rings. The second-order valence-electron chi connectivity index (χ2n) is 4.75. The number of aliphatic hydroxyl groups is 1. The van der Waals surface area contributed by atoms with Crippen LogP contribution in [0.2, 0.25) is 0 Å². The molecule has 0 radical (unpaired) electrons. The average molecular weight is 239 g/mol. The zero-order valence-corrected chi connectivity index (χ0v) is 11.5. The van der Waals surface area contributed by atoms with Gasteiger partial charge in [-0.05, 0) is 32.9 Å². The summed E-state index contributed by atoms with van der Waals surface area (Å²) in [7, 11) is 0. The smallest absolute Gasteiger partial charge is 0.0798 e. The van der Waals surface area contributed by atoms with Crippen molar-refractivity contribution in [3.05, 3.63) is 17.5 Å². The molecule has 1 rings (SSSR count). The van der Waals surface area contributed by atoms with Crippen LogP contribution in [0.5, 0.6) is 0 Å². The first-order valence-corrected chi connectivity index (χ1v) is 6.51. The first-order chi connectivity index (χ1) is 8.02. The standard InChI is InChI=1S/C13H25N3O/c1-5-11-8-12(16(7-3)15-11)9-13(4,17)10-14-6-2/h8,14,17H,5-7,9-10H2,1-4H3. The van der Waals surface area contributed by atoms with Crippen LogP contribution in [0.4, 0.5) is 0 Å². The third-order valence-electron chi connectivity index (χ3n) is 2.89. The van der Waals surface area contributed by atoms with Gasteiger partial charge in [0.15, 0.2) is 0 Å². The van der Waals surface area contributed by atoms with Gasteiger partial charge in [0.05, 0.1) is 11.3 Å². The van der Waals surface area contributed by atoms with Gasteiger partial charge >= 0.3 is 0 Å². The molecule has 0 spiro atoms. The van der Waals surface area contributed by atoms with Crippen molar-refractivity contribution in [2.45, 2.75) is 52.7 Å². The van der Waals surface area contributed by atoms with Crippen molar-refractivity contribution in [3.63, 3.8) is 0 Å². The molecule has 1 aromatic heterocycles. The van der Waals surface area contributed by atoms with E-state index in [0.29, 0.717) is 13.0 Å². The molecule has 2 N–H and O–H groups in total. The molecule has 98 valence electrons. The van der Waals surface area contributed by atoms with Crippen LogP contribution in [0.25, 0.3) is 0 Å². The Balaban J connectivity index is 2.75. The maximum Gasteiger partial charge on any atom is 0.0798 e. The van der Waals surface area contributed by atoms with Crippen LogP contribution in [0.15, 0.2) is 6.07 Å². The van der Waals surface area contributed by atoms with Crippen molar-refractivity contribution in [2.24, 2.45) is 0 Å². The van der Waals surface area contributed by atoms with Crippen molar-refractivity contribution in [1.29, 1.82) is 0 Å². The van der Waals surface area contributed by atoms with E-state index in [2.05, 4.69) is 30.3 Å². The Morgan fingerprint density at radius 2 is 2.12 bits per heavy atom. The molecule has 17 heavy (non-hydrogen) atoms. The number of aryl methyl sites for hydroxylation is 2. The van der Waals surface area contributed by atoms with Gasteiger partial charge in [-0.1, -0.05) is 13.8 Å². The highest BCUT2D eigenvalue weighted by atomic mass is 16.3. The van der Waals surface area contributed by atoms with E-state index in [1.807, 2.05) is 18.5 Å². The summed E-state index contributed by atoms with van der Waals surface area (Å²) in [4.78, 5) is 0. The summed E-state index contributed by atoms with van der Waals surface area (Å²) < 4.78 is 1.99. The second kappa shape index (κ2) is 6.17. The Morgan fingerprint density at radius 1 is 1.41 bits per heavy atom. The predicted molar refractivity (Wildman–Crippen MR) is 70.2 cm³/mol. The molecule has 0 aliphatic rings. The minimum absolute atomic E-state index is 0.611. The molecule has 0 amide bonds. The van der Waals surface area contributed by atoms with Crippen LogP contribution < -0.4 is 5.32 Å². The van der Waals surface area contributed by atoms with Crippen LogP contribution in [0.1, 0.15) is 39.1 Å². The van der Waals surface area contributed by atoms with Gasteiger partial charge < -0.3 is 10.4 Å². The van der Waals surface area contributed by atoms with Crippen molar-refractivity contribution in [3.8, 4) is 0 Å². The highest BCUT2D eigenvalue weighted by Gasteiger charge is 2.22. The topological polar surface area (TPSA) is 50.1 Å². The van der Waals surface area contributed by atoms with Crippen LogP contribution in [0.3, 0.4) is 0 Å². The highest BCUT2D eigenvalue weighted by molar-refractivity contribution is 5.13. The predicted octanol–water partition coefficient (Wildman–Crippen LogP) is 1.37. The van der Waals surface area contributed by atoms with Crippen LogP contribution in [-0.4, -0.2) is 33.6 Å². The van der Waals surface area contributed by atoms with E-state index >= 15 is 0 Å². The zero-order valence-electron chi connectivity index (χ0n) is 11.5. The minimum Gasteiger partial charge on any atom is -0.388 e. The van der Waals surface area contributed by atoms with E-state index in [-0.39, 0.29) is 0 Å². The lowest BCUT2D eigenvalue weighted by atomic mass is 10.00. The Bertz CT molecular complexity index is 344.